The van der Waals surface area contributed by atoms with Crippen LogP contribution in [-0.4, -0.2) is 53.2 Å². The number of urea groups is 1. The van der Waals surface area contributed by atoms with Gasteiger partial charge in [-0.1, -0.05) is 56.3 Å². The van der Waals surface area contributed by atoms with Crippen molar-refractivity contribution in [1.29, 1.82) is 0 Å². The van der Waals surface area contributed by atoms with Crippen molar-refractivity contribution < 1.29 is 19.4 Å². The van der Waals surface area contributed by atoms with Crippen LogP contribution in [0.1, 0.15) is 41.0 Å². The number of carbonyl (C=O) groups excluding carboxylic acids is 2. The van der Waals surface area contributed by atoms with Gasteiger partial charge in [-0.25, -0.2) is 9.48 Å². The van der Waals surface area contributed by atoms with Crippen LogP contribution in [0, 0.1) is 6.92 Å². The summed E-state index contributed by atoms with van der Waals surface area (Å²) in [6.07, 6.45) is 0.172. The highest BCUT2D eigenvalue weighted by Gasteiger charge is 2.41. The van der Waals surface area contributed by atoms with Crippen molar-refractivity contribution in [3.63, 3.8) is 0 Å². The number of aromatic nitrogens is 2. The van der Waals surface area contributed by atoms with Gasteiger partial charge in [0, 0.05) is 31.6 Å². The summed E-state index contributed by atoms with van der Waals surface area (Å²) >= 11 is 0. The molecule has 0 aliphatic heterocycles. The minimum atomic E-state index is -0.714. The van der Waals surface area contributed by atoms with E-state index in [9.17, 15) is 14.7 Å². The molecule has 3 aromatic rings. The third-order valence-corrected chi connectivity index (χ3v) is 6.26. The standard InChI is InChI=1S/C13H15N5O2.C13H18O2/c1-8-10(12(19)15-2)17-18(11(8)16-13(14)20)9-6-4-3-5-7-9;1-13(2)10-7-5-4-6-9(10)8-11(14)12(13)15-3/h3-7H,1-2H3,(H,15,19)(H3,14,16,20);4-7,11-12,14H,8H2,1-3H3. The number of anilines is 1. The molecule has 1 aliphatic rings. The zero-order chi connectivity index (χ0) is 25.8. The molecular formula is C26H33N5O4. The van der Waals surface area contributed by atoms with Crippen molar-refractivity contribution in [1.82, 2.24) is 15.1 Å². The molecule has 0 saturated heterocycles. The van der Waals surface area contributed by atoms with Crippen LogP contribution < -0.4 is 16.4 Å². The number of amides is 3. The molecule has 0 bridgehead atoms. The SMILES string of the molecule is CNC(=O)c1nn(-c2ccccc2)c(NC(N)=O)c1C.COC1C(O)Cc2ccccc2C1(C)C. The summed E-state index contributed by atoms with van der Waals surface area (Å²) < 4.78 is 6.90. The maximum Gasteiger partial charge on any atom is 0.317 e. The molecule has 0 spiro atoms. The lowest BCUT2D eigenvalue weighted by molar-refractivity contribution is -0.0571. The molecule has 0 radical (unpaired) electrons. The first-order valence-electron chi connectivity index (χ1n) is 11.3. The van der Waals surface area contributed by atoms with Gasteiger partial charge in [-0.3, -0.25) is 10.1 Å². The number of rotatable bonds is 4. The van der Waals surface area contributed by atoms with Gasteiger partial charge in [-0.2, -0.15) is 5.10 Å². The molecule has 1 aromatic heterocycles. The zero-order valence-corrected chi connectivity index (χ0v) is 20.7. The van der Waals surface area contributed by atoms with Gasteiger partial charge >= 0.3 is 6.03 Å². The van der Waals surface area contributed by atoms with Crippen molar-refractivity contribution in [3.8, 4) is 5.69 Å². The molecular weight excluding hydrogens is 446 g/mol. The van der Waals surface area contributed by atoms with E-state index in [1.54, 1.807) is 14.0 Å². The first kappa shape index (κ1) is 25.9. The number of fused-ring (bicyclic) bond motifs is 1. The van der Waals surface area contributed by atoms with Crippen LogP contribution in [0.4, 0.5) is 10.6 Å². The number of benzene rings is 2. The largest absolute Gasteiger partial charge is 0.390 e. The molecule has 0 fully saturated rings. The minimum Gasteiger partial charge on any atom is -0.390 e. The molecule has 0 saturated carbocycles. The number of hydrogen-bond acceptors (Lipinski definition) is 5. The monoisotopic (exact) mass is 479 g/mol. The van der Waals surface area contributed by atoms with Gasteiger partial charge < -0.3 is 20.9 Å². The summed E-state index contributed by atoms with van der Waals surface area (Å²) in [5.41, 5.74) is 9.08. The number of nitrogens with two attached hydrogens (primary N) is 1. The Balaban J connectivity index is 0.000000203. The fourth-order valence-electron chi connectivity index (χ4n) is 4.59. The average molecular weight is 480 g/mol. The van der Waals surface area contributed by atoms with E-state index in [1.807, 2.05) is 42.5 Å². The molecule has 1 aliphatic carbocycles. The van der Waals surface area contributed by atoms with E-state index in [0.717, 1.165) is 5.69 Å². The maximum atomic E-state index is 11.8. The molecule has 2 unspecified atom stereocenters. The van der Waals surface area contributed by atoms with E-state index in [4.69, 9.17) is 10.5 Å². The lowest BCUT2D eigenvalue weighted by Gasteiger charge is -2.42. The Hall–Kier alpha value is -3.69. The third-order valence-electron chi connectivity index (χ3n) is 6.26. The summed E-state index contributed by atoms with van der Waals surface area (Å²) in [6.45, 7) is 5.95. The Morgan fingerprint density at radius 2 is 1.77 bits per heavy atom. The van der Waals surface area contributed by atoms with Crippen LogP contribution >= 0.6 is 0 Å². The Kier molecular flexibility index (Phi) is 7.93. The summed E-state index contributed by atoms with van der Waals surface area (Å²) in [6, 6.07) is 16.7. The van der Waals surface area contributed by atoms with E-state index in [2.05, 4.69) is 41.7 Å². The predicted molar refractivity (Wildman–Crippen MR) is 135 cm³/mol. The maximum absolute atomic E-state index is 11.8. The molecule has 2 aromatic carbocycles. The van der Waals surface area contributed by atoms with Gasteiger partial charge in [0.05, 0.1) is 17.9 Å². The number of carbonyl (C=O) groups is 2. The van der Waals surface area contributed by atoms with Gasteiger partial charge in [0.15, 0.2) is 5.69 Å². The molecule has 3 amide bonds. The topological polar surface area (TPSA) is 132 Å². The Morgan fingerprint density at radius 1 is 1.14 bits per heavy atom. The van der Waals surface area contributed by atoms with E-state index in [1.165, 1.54) is 22.9 Å². The fourth-order valence-corrected chi connectivity index (χ4v) is 4.59. The summed E-state index contributed by atoms with van der Waals surface area (Å²) in [4.78, 5) is 22.9. The molecule has 186 valence electrons. The van der Waals surface area contributed by atoms with Crippen LogP contribution in [0.5, 0.6) is 0 Å². The van der Waals surface area contributed by atoms with Crippen LogP contribution in [0.25, 0.3) is 5.69 Å². The predicted octanol–water partition coefficient (Wildman–Crippen LogP) is 2.93. The molecule has 5 N–H and O–H groups in total. The second-order valence-electron chi connectivity index (χ2n) is 8.94. The van der Waals surface area contributed by atoms with Gasteiger partial charge in [-0.05, 0) is 30.2 Å². The lowest BCUT2D eigenvalue weighted by Crippen LogP contribution is -2.49. The first-order chi connectivity index (χ1) is 16.6. The van der Waals surface area contributed by atoms with Crippen LogP contribution in [0.15, 0.2) is 54.6 Å². The molecule has 35 heavy (non-hydrogen) atoms. The highest BCUT2D eigenvalue weighted by atomic mass is 16.5. The van der Waals surface area contributed by atoms with Crippen molar-refractivity contribution in [2.24, 2.45) is 5.73 Å². The smallest absolute Gasteiger partial charge is 0.317 e. The van der Waals surface area contributed by atoms with Crippen molar-refractivity contribution in [2.45, 2.75) is 44.8 Å². The summed E-state index contributed by atoms with van der Waals surface area (Å²) in [7, 11) is 3.19. The molecule has 1 heterocycles. The van der Waals surface area contributed by atoms with Crippen LogP contribution in [-0.2, 0) is 16.6 Å². The number of nitrogens with one attached hydrogen (secondary N) is 2. The van der Waals surface area contributed by atoms with Gasteiger partial charge in [0.25, 0.3) is 5.91 Å². The Bertz CT molecular complexity index is 1190. The van der Waals surface area contributed by atoms with Gasteiger partial charge in [-0.15, -0.1) is 0 Å². The van der Waals surface area contributed by atoms with Crippen molar-refractivity contribution in [2.75, 3.05) is 19.5 Å². The highest BCUT2D eigenvalue weighted by Crippen LogP contribution is 2.38. The Morgan fingerprint density at radius 3 is 2.37 bits per heavy atom. The van der Waals surface area contributed by atoms with E-state index in [-0.39, 0.29) is 23.1 Å². The van der Waals surface area contributed by atoms with E-state index < -0.39 is 12.1 Å². The van der Waals surface area contributed by atoms with Crippen molar-refractivity contribution >= 4 is 17.8 Å². The van der Waals surface area contributed by atoms with Gasteiger partial charge in [0.1, 0.15) is 5.82 Å². The normalized spacial score (nSPS) is 18.0. The fraction of sp³-hybridized carbons (Fsp3) is 0.346. The first-order valence-corrected chi connectivity index (χ1v) is 11.3. The van der Waals surface area contributed by atoms with E-state index in [0.29, 0.717) is 17.8 Å². The highest BCUT2D eigenvalue weighted by molar-refractivity contribution is 5.97. The van der Waals surface area contributed by atoms with Gasteiger partial charge in [0.2, 0.25) is 0 Å². The molecule has 2 atom stereocenters. The van der Waals surface area contributed by atoms with Crippen molar-refractivity contribution in [3.05, 3.63) is 77.0 Å². The number of hydrogen-bond donors (Lipinski definition) is 4. The lowest BCUT2D eigenvalue weighted by atomic mass is 9.69. The summed E-state index contributed by atoms with van der Waals surface area (Å²) in [5.74, 6) is 0.0481. The number of aliphatic hydroxyl groups is 1. The minimum absolute atomic E-state index is 0.118. The third kappa shape index (κ3) is 5.36. The zero-order valence-electron chi connectivity index (χ0n) is 20.7. The summed E-state index contributed by atoms with van der Waals surface area (Å²) in [5, 5.41) is 19.3. The number of nitrogens with zero attached hydrogens (tertiary/aromatic N) is 2. The number of para-hydroxylation sites is 1. The number of methoxy groups -OCH3 is 1. The van der Waals surface area contributed by atoms with Crippen LogP contribution in [0.2, 0.25) is 0 Å². The number of aliphatic hydroxyl groups excluding tert-OH is 1. The molecule has 4 rings (SSSR count). The van der Waals surface area contributed by atoms with Crippen LogP contribution in [0.3, 0.4) is 0 Å². The average Bonchev–Trinajstić information content (AvgIpc) is 3.15. The second kappa shape index (κ2) is 10.7. The second-order valence-corrected chi connectivity index (χ2v) is 8.94. The molecule has 9 nitrogen and oxygen atoms in total. The Labute approximate surface area is 205 Å². The number of primary amides is 1. The number of ether oxygens (including phenoxy) is 1. The quantitative estimate of drug-likeness (QED) is 0.457. The van der Waals surface area contributed by atoms with E-state index >= 15 is 0 Å². The molecule has 9 heteroatoms.